The molecule has 1 amide bonds. The number of amides is 1. The summed E-state index contributed by atoms with van der Waals surface area (Å²) in [6, 6.07) is 10.2. The van der Waals surface area contributed by atoms with Crippen molar-refractivity contribution in [2.24, 2.45) is 0 Å². The van der Waals surface area contributed by atoms with Crippen LogP contribution in [0.1, 0.15) is 25.3 Å². The van der Waals surface area contributed by atoms with Crippen LogP contribution in [0.4, 0.5) is 0 Å². The Morgan fingerprint density at radius 2 is 2.17 bits per heavy atom. The van der Waals surface area contributed by atoms with Gasteiger partial charge in [0.25, 0.3) is 0 Å². The van der Waals surface area contributed by atoms with E-state index in [-0.39, 0.29) is 5.91 Å². The molecule has 1 unspecified atom stereocenters. The first-order chi connectivity index (χ1) is 8.78. The highest BCUT2D eigenvalue weighted by molar-refractivity contribution is 5.78. The summed E-state index contributed by atoms with van der Waals surface area (Å²) in [4.78, 5) is 14.3. The van der Waals surface area contributed by atoms with Crippen LogP contribution < -0.4 is 5.32 Å². The second-order valence-corrected chi connectivity index (χ2v) is 4.96. The predicted octanol–water partition coefficient (Wildman–Crippen LogP) is 1.83. The molecule has 1 aromatic rings. The SMILES string of the molecule is CCN1CCCC(NC(=O)Cc2ccccc2)C1. The van der Waals surface area contributed by atoms with E-state index in [0.717, 1.165) is 25.1 Å². The van der Waals surface area contributed by atoms with Gasteiger partial charge in [-0.25, -0.2) is 0 Å². The topological polar surface area (TPSA) is 32.3 Å². The summed E-state index contributed by atoms with van der Waals surface area (Å²) in [7, 11) is 0. The van der Waals surface area contributed by atoms with Crippen molar-refractivity contribution in [3.05, 3.63) is 35.9 Å². The van der Waals surface area contributed by atoms with E-state index in [2.05, 4.69) is 17.1 Å². The Balaban J connectivity index is 1.80. The van der Waals surface area contributed by atoms with Crippen LogP contribution in [0.3, 0.4) is 0 Å². The number of carbonyl (C=O) groups is 1. The number of likely N-dealkylation sites (tertiary alicyclic amines) is 1. The van der Waals surface area contributed by atoms with Gasteiger partial charge in [-0.15, -0.1) is 0 Å². The van der Waals surface area contributed by atoms with Crippen molar-refractivity contribution in [2.75, 3.05) is 19.6 Å². The molecule has 1 atom stereocenters. The number of piperidine rings is 1. The maximum atomic E-state index is 11.9. The van der Waals surface area contributed by atoms with E-state index in [0.29, 0.717) is 12.5 Å². The molecule has 1 aromatic carbocycles. The molecule has 0 saturated carbocycles. The Morgan fingerprint density at radius 1 is 1.39 bits per heavy atom. The minimum absolute atomic E-state index is 0.143. The third-order valence-electron chi connectivity index (χ3n) is 3.53. The summed E-state index contributed by atoms with van der Waals surface area (Å²) in [5.74, 6) is 0.143. The average molecular weight is 246 g/mol. The van der Waals surface area contributed by atoms with E-state index >= 15 is 0 Å². The molecule has 0 spiro atoms. The predicted molar refractivity (Wildman–Crippen MR) is 73.4 cm³/mol. The summed E-state index contributed by atoms with van der Waals surface area (Å²) in [6.07, 6.45) is 2.78. The lowest BCUT2D eigenvalue weighted by Gasteiger charge is -2.32. The standard InChI is InChI=1S/C15H22N2O/c1-2-17-10-6-9-14(12-17)16-15(18)11-13-7-4-3-5-8-13/h3-5,7-8,14H,2,6,9-12H2,1H3,(H,16,18). The van der Waals surface area contributed by atoms with Crippen LogP contribution in [0.2, 0.25) is 0 Å². The molecule has 0 radical (unpaired) electrons. The summed E-state index contributed by atoms with van der Waals surface area (Å²) in [6.45, 7) is 5.41. The monoisotopic (exact) mass is 246 g/mol. The molecule has 0 aliphatic carbocycles. The zero-order valence-electron chi connectivity index (χ0n) is 11.1. The molecular weight excluding hydrogens is 224 g/mol. The van der Waals surface area contributed by atoms with Crippen molar-refractivity contribution < 1.29 is 4.79 Å². The van der Waals surface area contributed by atoms with Crippen LogP contribution >= 0.6 is 0 Å². The van der Waals surface area contributed by atoms with Gasteiger partial charge >= 0.3 is 0 Å². The second kappa shape index (κ2) is 6.55. The Bertz CT molecular complexity index is 377. The van der Waals surface area contributed by atoms with Gasteiger partial charge in [0.1, 0.15) is 0 Å². The van der Waals surface area contributed by atoms with Gasteiger partial charge in [0.05, 0.1) is 6.42 Å². The molecule has 2 rings (SSSR count). The van der Waals surface area contributed by atoms with Crippen LogP contribution in [0.5, 0.6) is 0 Å². The van der Waals surface area contributed by atoms with E-state index in [4.69, 9.17) is 0 Å². The number of carbonyl (C=O) groups excluding carboxylic acids is 1. The van der Waals surface area contributed by atoms with E-state index in [1.54, 1.807) is 0 Å². The third kappa shape index (κ3) is 3.84. The lowest BCUT2D eigenvalue weighted by Crippen LogP contribution is -2.47. The molecule has 1 fully saturated rings. The lowest BCUT2D eigenvalue weighted by molar-refractivity contribution is -0.121. The highest BCUT2D eigenvalue weighted by Crippen LogP contribution is 2.10. The number of benzene rings is 1. The van der Waals surface area contributed by atoms with E-state index in [9.17, 15) is 4.79 Å². The zero-order valence-corrected chi connectivity index (χ0v) is 11.1. The number of hydrogen-bond donors (Lipinski definition) is 1. The van der Waals surface area contributed by atoms with Gasteiger partial charge in [-0.3, -0.25) is 4.79 Å². The molecule has 1 N–H and O–H groups in total. The molecule has 1 heterocycles. The fourth-order valence-electron chi connectivity index (χ4n) is 2.52. The van der Waals surface area contributed by atoms with Crippen molar-refractivity contribution in [1.82, 2.24) is 10.2 Å². The van der Waals surface area contributed by atoms with Crippen LogP contribution in [0.25, 0.3) is 0 Å². The molecule has 1 aliphatic rings. The number of hydrogen-bond acceptors (Lipinski definition) is 2. The minimum atomic E-state index is 0.143. The van der Waals surface area contributed by atoms with E-state index in [1.807, 2.05) is 30.3 Å². The lowest BCUT2D eigenvalue weighted by atomic mass is 10.1. The van der Waals surface area contributed by atoms with E-state index < -0.39 is 0 Å². The summed E-state index contributed by atoms with van der Waals surface area (Å²) in [5.41, 5.74) is 1.08. The number of nitrogens with one attached hydrogen (secondary N) is 1. The van der Waals surface area contributed by atoms with Crippen molar-refractivity contribution in [3.8, 4) is 0 Å². The maximum Gasteiger partial charge on any atom is 0.224 e. The molecule has 0 aromatic heterocycles. The van der Waals surface area contributed by atoms with Crippen LogP contribution in [-0.4, -0.2) is 36.5 Å². The highest BCUT2D eigenvalue weighted by atomic mass is 16.1. The van der Waals surface area contributed by atoms with Crippen LogP contribution in [0.15, 0.2) is 30.3 Å². The Hall–Kier alpha value is -1.35. The first-order valence-corrected chi connectivity index (χ1v) is 6.83. The smallest absolute Gasteiger partial charge is 0.224 e. The molecule has 3 nitrogen and oxygen atoms in total. The first kappa shape index (κ1) is 13.1. The molecule has 1 saturated heterocycles. The molecule has 18 heavy (non-hydrogen) atoms. The molecule has 1 aliphatic heterocycles. The van der Waals surface area contributed by atoms with Gasteiger partial charge in [-0.05, 0) is 31.5 Å². The van der Waals surface area contributed by atoms with Crippen molar-refractivity contribution in [2.45, 2.75) is 32.2 Å². The molecule has 98 valence electrons. The van der Waals surface area contributed by atoms with Gasteiger partial charge in [-0.1, -0.05) is 37.3 Å². The summed E-state index contributed by atoms with van der Waals surface area (Å²) < 4.78 is 0. The summed E-state index contributed by atoms with van der Waals surface area (Å²) >= 11 is 0. The molecule has 3 heteroatoms. The second-order valence-electron chi connectivity index (χ2n) is 4.96. The fraction of sp³-hybridized carbons (Fsp3) is 0.533. The largest absolute Gasteiger partial charge is 0.352 e. The van der Waals surface area contributed by atoms with Crippen molar-refractivity contribution >= 4 is 5.91 Å². The van der Waals surface area contributed by atoms with Gasteiger partial charge in [0, 0.05) is 12.6 Å². The average Bonchev–Trinajstić information content (AvgIpc) is 2.40. The Kier molecular flexibility index (Phi) is 4.76. The number of nitrogens with zero attached hydrogens (tertiary/aromatic N) is 1. The first-order valence-electron chi connectivity index (χ1n) is 6.83. The Morgan fingerprint density at radius 3 is 2.89 bits per heavy atom. The van der Waals surface area contributed by atoms with Crippen molar-refractivity contribution in [1.29, 1.82) is 0 Å². The highest BCUT2D eigenvalue weighted by Gasteiger charge is 2.20. The van der Waals surface area contributed by atoms with Gasteiger partial charge in [0.2, 0.25) is 5.91 Å². The van der Waals surface area contributed by atoms with Gasteiger partial charge in [0.15, 0.2) is 0 Å². The quantitative estimate of drug-likeness (QED) is 0.879. The Labute approximate surface area is 109 Å². The van der Waals surface area contributed by atoms with Gasteiger partial charge < -0.3 is 10.2 Å². The fourth-order valence-corrected chi connectivity index (χ4v) is 2.52. The van der Waals surface area contributed by atoms with Crippen LogP contribution in [-0.2, 0) is 11.2 Å². The number of likely N-dealkylation sites (N-methyl/N-ethyl adjacent to an activating group) is 1. The van der Waals surface area contributed by atoms with E-state index in [1.165, 1.54) is 13.0 Å². The summed E-state index contributed by atoms with van der Waals surface area (Å²) in [5, 5.41) is 3.15. The maximum absolute atomic E-state index is 11.9. The molecular formula is C15H22N2O. The zero-order chi connectivity index (χ0) is 12.8. The minimum Gasteiger partial charge on any atom is -0.352 e. The van der Waals surface area contributed by atoms with Crippen molar-refractivity contribution in [3.63, 3.8) is 0 Å². The normalized spacial score (nSPS) is 20.6. The van der Waals surface area contributed by atoms with Crippen LogP contribution in [0, 0.1) is 0 Å². The third-order valence-corrected chi connectivity index (χ3v) is 3.53. The van der Waals surface area contributed by atoms with Gasteiger partial charge in [-0.2, -0.15) is 0 Å². The number of rotatable bonds is 4. The molecule has 0 bridgehead atoms.